The van der Waals surface area contributed by atoms with Crippen molar-refractivity contribution >= 4 is 17.7 Å². The van der Waals surface area contributed by atoms with E-state index < -0.39 is 0 Å². The molecule has 1 saturated heterocycles. The monoisotopic (exact) mass is 561 g/mol. The maximum atomic E-state index is 14.1. The number of H-pyrrole nitrogens is 1. The van der Waals surface area contributed by atoms with Crippen LogP contribution >= 0.6 is 0 Å². The highest BCUT2D eigenvalue weighted by molar-refractivity contribution is 5.96. The van der Waals surface area contributed by atoms with E-state index in [-0.39, 0.29) is 53.8 Å². The van der Waals surface area contributed by atoms with Gasteiger partial charge in [-0.2, -0.15) is 5.10 Å². The molecule has 1 aliphatic rings. The van der Waals surface area contributed by atoms with Crippen LogP contribution in [0.2, 0.25) is 0 Å². The third-order valence-corrected chi connectivity index (χ3v) is 7.66. The number of halogens is 1. The van der Waals surface area contributed by atoms with Crippen molar-refractivity contribution < 1.29 is 18.8 Å². The molecular formula is C31H36FN5O4. The first-order chi connectivity index (χ1) is 19.4. The van der Waals surface area contributed by atoms with Gasteiger partial charge in [-0.3, -0.25) is 19.2 Å². The predicted molar refractivity (Wildman–Crippen MR) is 153 cm³/mol. The van der Waals surface area contributed by atoms with Crippen LogP contribution in [0.1, 0.15) is 71.0 Å². The normalized spacial score (nSPS) is 17.3. The van der Waals surface area contributed by atoms with Crippen molar-refractivity contribution in [3.05, 3.63) is 98.2 Å². The summed E-state index contributed by atoms with van der Waals surface area (Å²) in [6.07, 6.45) is 1.64. The fraction of sp³-hybridized carbons (Fsp3) is 0.387. The summed E-state index contributed by atoms with van der Waals surface area (Å²) in [5, 5.41) is 9.28. The SMILES string of the molecule is CC(=O)N[C@@H](C)[C@H]1CC[C@@H](c2cccc(F)c2)N1C(=O)CN(C)C(=O)c1ccc(Cc2cc(C)n[nH]c2=O)c(C)c1. The molecule has 3 atom stereocenters. The number of likely N-dealkylation sites (N-methyl/N-ethyl adjacent to an activating group) is 1. The molecule has 3 amide bonds. The van der Waals surface area contributed by atoms with Crippen LogP contribution in [0.4, 0.5) is 4.39 Å². The average Bonchev–Trinajstić information content (AvgIpc) is 3.37. The Morgan fingerprint density at radius 1 is 1.12 bits per heavy atom. The Labute approximate surface area is 238 Å². The largest absolute Gasteiger partial charge is 0.352 e. The fourth-order valence-corrected chi connectivity index (χ4v) is 5.65. The molecule has 0 radical (unpaired) electrons. The molecule has 1 fully saturated rings. The Hall–Kier alpha value is -4.34. The third-order valence-electron chi connectivity index (χ3n) is 7.66. The molecule has 1 aliphatic heterocycles. The van der Waals surface area contributed by atoms with Gasteiger partial charge >= 0.3 is 0 Å². The third kappa shape index (κ3) is 6.87. The average molecular weight is 562 g/mol. The molecule has 10 heteroatoms. The molecular weight excluding hydrogens is 525 g/mol. The molecule has 2 aromatic carbocycles. The number of hydrogen-bond acceptors (Lipinski definition) is 5. The summed E-state index contributed by atoms with van der Waals surface area (Å²) in [5.41, 5.74) is 3.90. The number of rotatable bonds is 8. The van der Waals surface area contributed by atoms with Gasteiger partial charge in [0.1, 0.15) is 5.82 Å². The van der Waals surface area contributed by atoms with Crippen molar-refractivity contribution in [3.63, 3.8) is 0 Å². The first-order valence-electron chi connectivity index (χ1n) is 13.7. The first-order valence-corrected chi connectivity index (χ1v) is 13.7. The maximum Gasteiger partial charge on any atom is 0.267 e. The number of aromatic nitrogens is 2. The van der Waals surface area contributed by atoms with Crippen molar-refractivity contribution in [3.8, 4) is 0 Å². The van der Waals surface area contributed by atoms with Crippen LogP contribution in [0.15, 0.2) is 53.3 Å². The van der Waals surface area contributed by atoms with Crippen LogP contribution in [-0.2, 0) is 16.0 Å². The molecule has 216 valence electrons. The zero-order valence-corrected chi connectivity index (χ0v) is 24.0. The van der Waals surface area contributed by atoms with E-state index in [0.717, 1.165) is 11.1 Å². The lowest BCUT2D eigenvalue weighted by Crippen LogP contribution is -2.51. The number of benzene rings is 2. The van der Waals surface area contributed by atoms with Crippen molar-refractivity contribution in [1.82, 2.24) is 25.3 Å². The highest BCUT2D eigenvalue weighted by Gasteiger charge is 2.41. The standard InChI is InChI=1S/C31H36FN5O4/c1-18-13-24(10-9-22(18)15-25-14-19(2)34-35-30(25)40)31(41)36(5)17-29(39)37-27(20(3)33-21(4)38)11-12-28(37)23-7-6-8-26(32)16-23/h6-10,13-14,16,20,27-28H,11-12,15,17H2,1-5H3,(H,33,38)(H,35,40)/t20-,27+,28-/m0/s1. The van der Waals surface area contributed by atoms with Crippen LogP contribution in [0.3, 0.4) is 0 Å². The van der Waals surface area contributed by atoms with Gasteiger partial charge in [0.15, 0.2) is 0 Å². The molecule has 2 heterocycles. The van der Waals surface area contributed by atoms with Gasteiger partial charge in [-0.15, -0.1) is 0 Å². The van der Waals surface area contributed by atoms with Crippen molar-refractivity contribution in [2.45, 2.75) is 65.1 Å². The molecule has 0 aliphatic carbocycles. The van der Waals surface area contributed by atoms with Crippen LogP contribution < -0.4 is 10.9 Å². The summed E-state index contributed by atoms with van der Waals surface area (Å²) >= 11 is 0. The number of nitrogens with zero attached hydrogens (tertiary/aromatic N) is 3. The highest BCUT2D eigenvalue weighted by Crippen LogP contribution is 2.38. The second-order valence-corrected chi connectivity index (χ2v) is 10.8. The van der Waals surface area contributed by atoms with E-state index in [0.29, 0.717) is 41.6 Å². The van der Waals surface area contributed by atoms with Gasteiger partial charge < -0.3 is 15.1 Å². The number of aromatic amines is 1. The summed E-state index contributed by atoms with van der Waals surface area (Å²) in [5.74, 6) is -1.19. The summed E-state index contributed by atoms with van der Waals surface area (Å²) in [4.78, 5) is 54.1. The van der Waals surface area contributed by atoms with E-state index in [1.54, 1.807) is 49.2 Å². The fourth-order valence-electron chi connectivity index (χ4n) is 5.65. The highest BCUT2D eigenvalue weighted by atomic mass is 19.1. The van der Waals surface area contributed by atoms with E-state index in [2.05, 4.69) is 15.5 Å². The summed E-state index contributed by atoms with van der Waals surface area (Å²) < 4.78 is 14.1. The molecule has 41 heavy (non-hydrogen) atoms. The van der Waals surface area contributed by atoms with Crippen molar-refractivity contribution in [2.24, 2.45) is 0 Å². The second-order valence-electron chi connectivity index (χ2n) is 10.8. The molecule has 2 N–H and O–H groups in total. The van der Waals surface area contributed by atoms with E-state index >= 15 is 0 Å². The molecule has 9 nitrogen and oxygen atoms in total. The number of hydrogen-bond donors (Lipinski definition) is 2. The van der Waals surface area contributed by atoms with Gasteiger partial charge in [0.25, 0.3) is 11.5 Å². The Bertz CT molecular complexity index is 1520. The van der Waals surface area contributed by atoms with Gasteiger partial charge in [-0.05, 0) is 80.6 Å². The van der Waals surface area contributed by atoms with Gasteiger partial charge in [-0.25, -0.2) is 9.49 Å². The topological polar surface area (TPSA) is 115 Å². The Morgan fingerprint density at radius 2 is 1.88 bits per heavy atom. The van der Waals surface area contributed by atoms with E-state index in [1.165, 1.54) is 24.0 Å². The van der Waals surface area contributed by atoms with E-state index in [1.807, 2.05) is 19.9 Å². The first kappa shape index (κ1) is 29.6. The quantitative estimate of drug-likeness (QED) is 0.437. The molecule has 1 aromatic heterocycles. The number of nitrogens with one attached hydrogen (secondary N) is 2. The van der Waals surface area contributed by atoms with Crippen LogP contribution in [-0.4, -0.2) is 63.4 Å². The molecule has 3 aromatic rings. The van der Waals surface area contributed by atoms with E-state index in [4.69, 9.17) is 0 Å². The van der Waals surface area contributed by atoms with Crippen LogP contribution in [0.25, 0.3) is 0 Å². The van der Waals surface area contributed by atoms with Gasteiger partial charge in [0.2, 0.25) is 11.8 Å². The molecule has 0 spiro atoms. The van der Waals surface area contributed by atoms with Crippen LogP contribution in [0, 0.1) is 19.7 Å². The summed E-state index contributed by atoms with van der Waals surface area (Å²) in [7, 11) is 1.57. The lowest BCUT2D eigenvalue weighted by atomic mass is 9.98. The smallest absolute Gasteiger partial charge is 0.267 e. The molecule has 0 saturated carbocycles. The Balaban J connectivity index is 1.52. The minimum Gasteiger partial charge on any atom is -0.352 e. The van der Waals surface area contributed by atoms with Gasteiger partial charge in [0, 0.05) is 37.6 Å². The van der Waals surface area contributed by atoms with Crippen molar-refractivity contribution in [2.75, 3.05) is 13.6 Å². The Morgan fingerprint density at radius 3 is 2.56 bits per heavy atom. The summed E-state index contributed by atoms with van der Waals surface area (Å²) in [6, 6.07) is 12.2. The zero-order valence-electron chi connectivity index (χ0n) is 24.0. The number of amides is 3. The van der Waals surface area contributed by atoms with Gasteiger partial charge in [-0.1, -0.05) is 18.2 Å². The van der Waals surface area contributed by atoms with E-state index in [9.17, 15) is 23.6 Å². The lowest BCUT2D eigenvalue weighted by molar-refractivity contribution is -0.136. The second kappa shape index (κ2) is 12.4. The minimum absolute atomic E-state index is 0.180. The minimum atomic E-state index is -0.386. The molecule has 4 rings (SSSR count). The number of likely N-dealkylation sites (tertiary alicyclic amines) is 1. The van der Waals surface area contributed by atoms with Gasteiger partial charge in [0.05, 0.1) is 24.3 Å². The zero-order chi connectivity index (χ0) is 29.8. The van der Waals surface area contributed by atoms with Crippen LogP contribution in [0.5, 0.6) is 0 Å². The maximum absolute atomic E-state index is 14.1. The number of carbonyl (C=O) groups excluding carboxylic acids is 3. The van der Waals surface area contributed by atoms with Crippen molar-refractivity contribution in [1.29, 1.82) is 0 Å². The lowest BCUT2D eigenvalue weighted by Gasteiger charge is -2.35. The number of aryl methyl sites for hydroxylation is 2. The number of carbonyl (C=O) groups is 3. The predicted octanol–water partition coefficient (Wildman–Crippen LogP) is 3.45. The summed E-state index contributed by atoms with van der Waals surface area (Å²) in [6.45, 7) is 6.77. The molecule has 0 bridgehead atoms. The Kier molecular flexibility index (Phi) is 9.00. The molecule has 0 unspecified atom stereocenters.